The first-order valence-corrected chi connectivity index (χ1v) is 6.96. The summed E-state index contributed by atoms with van der Waals surface area (Å²) >= 11 is 0. The maximum atomic E-state index is 13.5. The molecule has 1 saturated carbocycles. The molecule has 1 heterocycles. The van der Waals surface area contributed by atoms with Crippen LogP contribution in [0.15, 0.2) is 36.5 Å². The van der Waals surface area contributed by atoms with Gasteiger partial charge in [-0.1, -0.05) is 13.8 Å². The standard InChI is InChI=1S/C12H9F2NO.C5H10/c1-16-9-4-5-15-12(7-9)10-3-2-8(13)6-11(10)14;1-4-3-5(4)2/h2-7H,1H3;4-5H,3H2,1-2H3/t;4-,5?/m.0/s1. The molecule has 0 spiro atoms. The van der Waals surface area contributed by atoms with Crippen LogP contribution in [0.25, 0.3) is 11.3 Å². The van der Waals surface area contributed by atoms with Gasteiger partial charge < -0.3 is 4.74 Å². The number of hydrogen-bond donors (Lipinski definition) is 0. The summed E-state index contributed by atoms with van der Waals surface area (Å²) in [5.74, 6) is 1.43. The molecule has 0 bridgehead atoms. The van der Waals surface area contributed by atoms with Gasteiger partial charge in [-0.15, -0.1) is 0 Å². The molecule has 112 valence electrons. The predicted octanol–water partition coefficient (Wildman–Crippen LogP) is 4.70. The molecule has 0 aliphatic heterocycles. The monoisotopic (exact) mass is 291 g/mol. The Hall–Kier alpha value is -1.97. The van der Waals surface area contributed by atoms with Gasteiger partial charge in [-0.05, 0) is 36.5 Å². The first kappa shape index (κ1) is 15.4. The number of pyridine rings is 1. The van der Waals surface area contributed by atoms with Gasteiger partial charge in [0.05, 0.1) is 12.8 Å². The van der Waals surface area contributed by atoms with E-state index in [-0.39, 0.29) is 5.56 Å². The van der Waals surface area contributed by atoms with Gasteiger partial charge in [0.25, 0.3) is 0 Å². The van der Waals surface area contributed by atoms with Crippen LogP contribution in [0.5, 0.6) is 5.75 Å². The Labute approximate surface area is 123 Å². The second-order valence-electron chi connectivity index (χ2n) is 5.40. The Balaban J connectivity index is 0.000000272. The third-order valence-electron chi connectivity index (χ3n) is 3.69. The molecule has 21 heavy (non-hydrogen) atoms. The molecule has 1 fully saturated rings. The van der Waals surface area contributed by atoms with Crippen molar-refractivity contribution in [3.63, 3.8) is 0 Å². The van der Waals surface area contributed by atoms with Crippen molar-refractivity contribution >= 4 is 0 Å². The fourth-order valence-electron chi connectivity index (χ4n) is 1.89. The molecule has 4 heteroatoms. The van der Waals surface area contributed by atoms with Crippen molar-refractivity contribution in [1.82, 2.24) is 4.98 Å². The van der Waals surface area contributed by atoms with Crippen LogP contribution in [-0.4, -0.2) is 12.1 Å². The van der Waals surface area contributed by atoms with Crippen LogP contribution >= 0.6 is 0 Å². The average Bonchev–Trinajstić information content (AvgIpc) is 3.12. The molecule has 2 atom stereocenters. The van der Waals surface area contributed by atoms with Gasteiger partial charge in [-0.3, -0.25) is 4.98 Å². The minimum atomic E-state index is -0.638. The van der Waals surface area contributed by atoms with Crippen molar-refractivity contribution in [3.05, 3.63) is 48.2 Å². The van der Waals surface area contributed by atoms with Crippen LogP contribution in [0.2, 0.25) is 0 Å². The maximum Gasteiger partial charge on any atom is 0.135 e. The number of methoxy groups -OCH3 is 1. The van der Waals surface area contributed by atoms with Gasteiger partial charge in [0.2, 0.25) is 0 Å². The smallest absolute Gasteiger partial charge is 0.135 e. The lowest BCUT2D eigenvalue weighted by molar-refractivity contribution is 0.414. The highest BCUT2D eigenvalue weighted by Crippen LogP contribution is 2.36. The van der Waals surface area contributed by atoms with E-state index in [9.17, 15) is 8.78 Å². The van der Waals surface area contributed by atoms with Crippen LogP contribution < -0.4 is 4.74 Å². The van der Waals surface area contributed by atoms with Gasteiger partial charge in [-0.2, -0.15) is 0 Å². The van der Waals surface area contributed by atoms with E-state index in [1.165, 1.54) is 31.9 Å². The van der Waals surface area contributed by atoms with Gasteiger partial charge in [0.15, 0.2) is 0 Å². The molecular formula is C17H19F2NO. The highest BCUT2D eigenvalue weighted by molar-refractivity contribution is 5.61. The van der Waals surface area contributed by atoms with Crippen LogP contribution in [0.1, 0.15) is 20.3 Å². The second-order valence-corrected chi connectivity index (χ2v) is 5.40. The summed E-state index contributed by atoms with van der Waals surface area (Å²) in [7, 11) is 1.51. The normalized spacial score (nSPS) is 19.5. The SMILES string of the molecule is CC1C[C@@H]1C.COc1ccnc(-c2ccc(F)cc2F)c1. The van der Waals surface area contributed by atoms with Gasteiger partial charge >= 0.3 is 0 Å². The van der Waals surface area contributed by atoms with Crippen LogP contribution in [0.4, 0.5) is 8.78 Å². The molecule has 1 aliphatic rings. The number of ether oxygens (including phenoxy) is 1. The molecule has 1 aliphatic carbocycles. The Morgan fingerprint density at radius 2 is 1.76 bits per heavy atom. The summed E-state index contributed by atoms with van der Waals surface area (Å²) in [6.45, 7) is 4.59. The lowest BCUT2D eigenvalue weighted by Gasteiger charge is -2.04. The fourth-order valence-corrected chi connectivity index (χ4v) is 1.89. The van der Waals surface area contributed by atoms with E-state index >= 15 is 0 Å². The largest absolute Gasteiger partial charge is 0.497 e. The summed E-state index contributed by atoms with van der Waals surface area (Å²) in [6.07, 6.45) is 2.98. The number of benzene rings is 1. The lowest BCUT2D eigenvalue weighted by Crippen LogP contribution is -1.90. The van der Waals surface area contributed by atoms with E-state index in [1.54, 1.807) is 12.1 Å². The van der Waals surface area contributed by atoms with Crippen molar-refractivity contribution in [2.24, 2.45) is 11.8 Å². The highest BCUT2D eigenvalue weighted by Gasteiger charge is 2.26. The number of rotatable bonds is 2. The summed E-state index contributed by atoms with van der Waals surface area (Å²) in [5.41, 5.74) is 0.664. The first-order valence-electron chi connectivity index (χ1n) is 6.96. The van der Waals surface area contributed by atoms with E-state index in [4.69, 9.17) is 4.74 Å². The van der Waals surface area contributed by atoms with Gasteiger partial charge in [0, 0.05) is 23.9 Å². The molecule has 2 aromatic rings. The van der Waals surface area contributed by atoms with Crippen molar-refractivity contribution in [3.8, 4) is 17.0 Å². The zero-order valence-corrected chi connectivity index (χ0v) is 12.4. The number of nitrogens with zero attached hydrogens (tertiary/aromatic N) is 1. The molecule has 1 aromatic carbocycles. The Kier molecular flexibility index (Phi) is 4.89. The topological polar surface area (TPSA) is 22.1 Å². The van der Waals surface area contributed by atoms with E-state index < -0.39 is 11.6 Å². The quantitative estimate of drug-likeness (QED) is 0.800. The van der Waals surface area contributed by atoms with Crippen LogP contribution in [0.3, 0.4) is 0 Å². The third-order valence-corrected chi connectivity index (χ3v) is 3.69. The zero-order valence-electron chi connectivity index (χ0n) is 12.4. The van der Waals surface area contributed by atoms with Crippen molar-refractivity contribution in [2.45, 2.75) is 20.3 Å². The van der Waals surface area contributed by atoms with Crippen molar-refractivity contribution in [1.29, 1.82) is 0 Å². The third kappa shape index (κ3) is 4.25. The fraction of sp³-hybridized carbons (Fsp3) is 0.353. The molecule has 0 N–H and O–H groups in total. The minimum Gasteiger partial charge on any atom is -0.497 e. The molecule has 0 amide bonds. The van der Waals surface area contributed by atoms with Crippen LogP contribution in [0, 0.1) is 23.5 Å². The van der Waals surface area contributed by atoms with E-state index in [0.29, 0.717) is 11.4 Å². The Bertz CT molecular complexity index is 609. The predicted molar refractivity (Wildman–Crippen MR) is 79.1 cm³/mol. The molecule has 3 rings (SSSR count). The Morgan fingerprint density at radius 3 is 2.29 bits per heavy atom. The Morgan fingerprint density at radius 1 is 1.10 bits per heavy atom. The highest BCUT2D eigenvalue weighted by atomic mass is 19.1. The molecule has 0 radical (unpaired) electrons. The number of hydrogen-bond acceptors (Lipinski definition) is 2. The van der Waals surface area contributed by atoms with E-state index in [1.807, 2.05) is 0 Å². The number of halogens is 2. The summed E-state index contributed by atoms with van der Waals surface area (Å²) in [6, 6.07) is 6.63. The molecule has 0 saturated heterocycles. The molecular weight excluding hydrogens is 272 g/mol. The van der Waals surface area contributed by atoms with E-state index in [2.05, 4.69) is 18.8 Å². The number of aromatic nitrogens is 1. The van der Waals surface area contributed by atoms with Gasteiger partial charge in [-0.25, -0.2) is 8.78 Å². The van der Waals surface area contributed by atoms with E-state index in [0.717, 1.165) is 17.9 Å². The summed E-state index contributed by atoms with van der Waals surface area (Å²) in [5, 5.41) is 0. The van der Waals surface area contributed by atoms with Crippen molar-refractivity contribution in [2.75, 3.05) is 7.11 Å². The van der Waals surface area contributed by atoms with Crippen LogP contribution in [-0.2, 0) is 0 Å². The average molecular weight is 291 g/mol. The lowest BCUT2D eigenvalue weighted by atomic mass is 10.1. The zero-order chi connectivity index (χ0) is 15.4. The molecule has 1 aromatic heterocycles. The molecule has 1 unspecified atom stereocenters. The minimum absolute atomic E-state index is 0.250. The summed E-state index contributed by atoms with van der Waals surface area (Å²) < 4.78 is 31.2. The maximum absolute atomic E-state index is 13.5. The van der Waals surface area contributed by atoms with Gasteiger partial charge in [0.1, 0.15) is 17.4 Å². The summed E-state index contributed by atoms with van der Waals surface area (Å²) in [4.78, 5) is 4.01. The molecule has 2 nitrogen and oxygen atoms in total. The van der Waals surface area contributed by atoms with Crippen molar-refractivity contribution < 1.29 is 13.5 Å². The second kappa shape index (κ2) is 6.66. The first-order chi connectivity index (χ1) is 10.0.